The van der Waals surface area contributed by atoms with Crippen LogP contribution in [0.15, 0.2) is 30.3 Å². The lowest BCUT2D eigenvalue weighted by Crippen LogP contribution is -2.12. The fraction of sp³-hybridized carbons (Fsp3) is 0.375. The summed E-state index contributed by atoms with van der Waals surface area (Å²) >= 11 is 0. The minimum absolute atomic E-state index is 0.0201. The number of nitrogens with zero attached hydrogens (tertiary/aromatic N) is 2. The highest BCUT2D eigenvalue weighted by Gasteiger charge is 2.22. The van der Waals surface area contributed by atoms with E-state index in [1.807, 2.05) is 31.2 Å². The molecule has 3 nitrogen and oxygen atoms in total. The van der Waals surface area contributed by atoms with Crippen LogP contribution in [0.1, 0.15) is 42.1 Å². The lowest BCUT2D eigenvalue weighted by molar-refractivity contribution is 0.282. The van der Waals surface area contributed by atoms with Crippen molar-refractivity contribution in [3.63, 3.8) is 0 Å². The molecule has 1 heterocycles. The molecule has 1 aliphatic rings. The third-order valence-corrected chi connectivity index (χ3v) is 3.83. The molecular formula is C16H18N2O. The molecule has 0 spiro atoms. The van der Waals surface area contributed by atoms with E-state index in [0.29, 0.717) is 5.92 Å². The van der Waals surface area contributed by atoms with Crippen LogP contribution in [-0.2, 0) is 6.61 Å². The predicted molar refractivity (Wildman–Crippen MR) is 74.7 cm³/mol. The Morgan fingerprint density at radius 3 is 2.68 bits per heavy atom. The van der Waals surface area contributed by atoms with E-state index < -0.39 is 0 Å². The van der Waals surface area contributed by atoms with Gasteiger partial charge in [-0.1, -0.05) is 30.7 Å². The topological polar surface area (TPSA) is 46.0 Å². The lowest BCUT2D eigenvalue weighted by atomic mass is 9.82. The average Bonchev–Trinajstić information content (AvgIpc) is 2.36. The second-order valence-electron chi connectivity index (χ2n) is 5.20. The van der Waals surface area contributed by atoms with Gasteiger partial charge in [-0.2, -0.15) is 0 Å². The van der Waals surface area contributed by atoms with Crippen molar-refractivity contribution in [2.75, 3.05) is 0 Å². The molecule has 1 fully saturated rings. The Labute approximate surface area is 113 Å². The van der Waals surface area contributed by atoms with Gasteiger partial charge in [0, 0.05) is 22.9 Å². The van der Waals surface area contributed by atoms with Gasteiger partial charge in [0.25, 0.3) is 0 Å². The van der Waals surface area contributed by atoms with Crippen LogP contribution in [0.25, 0.3) is 11.4 Å². The van der Waals surface area contributed by atoms with Crippen molar-refractivity contribution in [1.82, 2.24) is 9.97 Å². The zero-order valence-electron chi connectivity index (χ0n) is 11.1. The molecule has 0 atom stereocenters. The SMILES string of the molecule is Cc1cc(C2CCC2)nc(-c2ccccc2CO)n1. The molecule has 1 N–H and O–H groups in total. The van der Waals surface area contributed by atoms with Crippen LogP contribution in [-0.4, -0.2) is 15.1 Å². The first kappa shape index (κ1) is 12.3. The molecule has 1 aromatic heterocycles. The van der Waals surface area contributed by atoms with Gasteiger partial charge in [0.1, 0.15) is 0 Å². The molecule has 0 aliphatic heterocycles. The zero-order valence-corrected chi connectivity index (χ0v) is 11.1. The molecule has 0 saturated heterocycles. The highest BCUT2D eigenvalue weighted by molar-refractivity contribution is 5.60. The van der Waals surface area contributed by atoms with Gasteiger partial charge < -0.3 is 5.11 Å². The summed E-state index contributed by atoms with van der Waals surface area (Å²) in [6, 6.07) is 9.88. The second kappa shape index (κ2) is 5.10. The molecule has 1 aromatic carbocycles. The standard InChI is InChI=1S/C16H18N2O/c1-11-9-15(12-6-4-7-12)18-16(17-11)14-8-3-2-5-13(14)10-19/h2-3,5,8-9,12,19H,4,6-7,10H2,1H3. The molecule has 3 heteroatoms. The number of aromatic nitrogens is 2. The smallest absolute Gasteiger partial charge is 0.159 e. The summed E-state index contributed by atoms with van der Waals surface area (Å²) in [4.78, 5) is 9.24. The van der Waals surface area contributed by atoms with Gasteiger partial charge >= 0.3 is 0 Å². The van der Waals surface area contributed by atoms with Crippen LogP contribution in [0, 0.1) is 6.92 Å². The van der Waals surface area contributed by atoms with E-state index >= 15 is 0 Å². The molecule has 0 unspecified atom stereocenters. The Morgan fingerprint density at radius 2 is 2.00 bits per heavy atom. The van der Waals surface area contributed by atoms with E-state index in [0.717, 1.165) is 28.3 Å². The largest absolute Gasteiger partial charge is 0.392 e. The highest BCUT2D eigenvalue weighted by atomic mass is 16.3. The first-order valence-corrected chi connectivity index (χ1v) is 6.82. The van der Waals surface area contributed by atoms with Crippen molar-refractivity contribution in [2.24, 2.45) is 0 Å². The van der Waals surface area contributed by atoms with Crippen LogP contribution < -0.4 is 0 Å². The van der Waals surface area contributed by atoms with Crippen LogP contribution in [0.5, 0.6) is 0 Å². The number of benzene rings is 1. The molecule has 3 rings (SSSR count). The van der Waals surface area contributed by atoms with Gasteiger partial charge in [-0.15, -0.1) is 0 Å². The summed E-state index contributed by atoms with van der Waals surface area (Å²) < 4.78 is 0. The second-order valence-corrected chi connectivity index (χ2v) is 5.20. The van der Waals surface area contributed by atoms with Gasteiger partial charge in [-0.25, -0.2) is 9.97 Å². The number of aryl methyl sites for hydroxylation is 1. The molecular weight excluding hydrogens is 236 g/mol. The summed E-state index contributed by atoms with van der Waals surface area (Å²) in [5, 5.41) is 9.43. The molecule has 2 aromatic rings. The Morgan fingerprint density at radius 1 is 1.21 bits per heavy atom. The van der Waals surface area contributed by atoms with Crippen LogP contribution in [0.2, 0.25) is 0 Å². The van der Waals surface area contributed by atoms with Gasteiger partial charge in [0.05, 0.1) is 6.61 Å². The zero-order chi connectivity index (χ0) is 13.2. The summed E-state index contributed by atoms with van der Waals surface area (Å²) in [5.41, 5.74) is 3.98. The number of rotatable bonds is 3. The first-order valence-electron chi connectivity index (χ1n) is 6.82. The minimum atomic E-state index is 0.0201. The highest BCUT2D eigenvalue weighted by Crippen LogP contribution is 2.36. The third kappa shape index (κ3) is 2.38. The maximum atomic E-state index is 9.43. The van der Waals surface area contributed by atoms with Crippen molar-refractivity contribution in [3.8, 4) is 11.4 Å². The van der Waals surface area contributed by atoms with Gasteiger partial charge in [-0.3, -0.25) is 0 Å². The fourth-order valence-electron chi connectivity index (χ4n) is 2.50. The minimum Gasteiger partial charge on any atom is -0.392 e. The number of aliphatic hydroxyl groups is 1. The summed E-state index contributed by atoms with van der Waals surface area (Å²) in [5.74, 6) is 1.34. The van der Waals surface area contributed by atoms with Crippen molar-refractivity contribution >= 4 is 0 Å². The molecule has 0 bridgehead atoms. The van der Waals surface area contributed by atoms with E-state index in [1.165, 1.54) is 19.3 Å². The molecule has 19 heavy (non-hydrogen) atoms. The average molecular weight is 254 g/mol. The quantitative estimate of drug-likeness (QED) is 0.914. The molecule has 0 radical (unpaired) electrons. The van der Waals surface area contributed by atoms with Gasteiger partial charge in [0.15, 0.2) is 5.82 Å². The van der Waals surface area contributed by atoms with E-state index in [9.17, 15) is 5.11 Å². The summed E-state index contributed by atoms with van der Waals surface area (Å²) in [7, 11) is 0. The molecule has 1 aliphatic carbocycles. The van der Waals surface area contributed by atoms with Crippen molar-refractivity contribution in [3.05, 3.63) is 47.3 Å². The van der Waals surface area contributed by atoms with E-state index in [-0.39, 0.29) is 6.61 Å². The fourth-order valence-corrected chi connectivity index (χ4v) is 2.50. The normalized spacial score (nSPS) is 15.3. The summed E-state index contributed by atoms with van der Waals surface area (Å²) in [6.07, 6.45) is 3.77. The number of aliphatic hydroxyl groups excluding tert-OH is 1. The third-order valence-electron chi connectivity index (χ3n) is 3.83. The number of hydrogen-bond donors (Lipinski definition) is 1. The van der Waals surface area contributed by atoms with Crippen LogP contribution in [0.3, 0.4) is 0 Å². The van der Waals surface area contributed by atoms with Crippen molar-refractivity contribution in [2.45, 2.75) is 38.7 Å². The monoisotopic (exact) mass is 254 g/mol. The molecule has 1 saturated carbocycles. The van der Waals surface area contributed by atoms with Gasteiger partial charge in [-0.05, 0) is 31.4 Å². The summed E-state index contributed by atoms with van der Waals surface area (Å²) in [6.45, 7) is 2.03. The van der Waals surface area contributed by atoms with E-state index in [1.54, 1.807) is 0 Å². The Bertz CT molecular complexity index is 591. The number of hydrogen-bond acceptors (Lipinski definition) is 3. The van der Waals surface area contributed by atoms with Crippen molar-refractivity contribution in [1.29, 1.82) is 0 Å². The van der Waals surface area contributed by atoms with Crippen molar-refractivity contribution < 1.29 is 5.11 Å². The van der Waals surface area contributed by atoms with Gasteiger partial charge in [0.2, 0.25) is 0 Å². The Balaban J connectivity index is 2.06. The Hall–Kier alpha value is -1.74. The van der Waals surface area contributed by atoms with Crippen LogP contribution in [0.4, 0.5) is 0 Å². The molecule has 0 amide bonds. The predicted octanol–water partition coefficient (Wildman–Crippen LogP) is 3.21. The lowest BCUT2D eigenvalue weighted by Gasteiger charge is -2.25. The first-order chi connectivity index (χ1) is 9.28. The maximum absolute atomic E-state index is 9.43. The maximum Gasteiger partial charge on any atom is 0.159 e. The van der Waals surface area contributed by atoms with E-state index in [2.05, 4.69) is 11.1 Å². The van der Waals surface area contributed by atoms with Crippen LogP contribution >= 0.6 is 0 Å². The Kier molecular flexibility index (Phi) is 3.30. The van der Waals surface area contributed by atoms with E-state index in [4.69, 9.17) is 4.98 Å². The molecule has 98 valence electrons.